The Morgan fingerprint density at radius 2 is 1.65 bits per heavy atom. The van der Waals surface area contributed by atoms with Crippen molar-refractivity contribution in [3.63, 3.8) is 0 Å². The molecule has 0 aromatic heterocycles. The highest BCUT2D eigenvalue weighted by molar-refractivity contribution is 6.23. The largest absolute Gasteiger partial charge is 0.506 e. The number of rotatable bonds is 4. The van der Waals surface area contributed by atoms with Gasteiger partial charge in [-0.1, -0.05) is 30.3 Å². The third kappa shape index (κ3) is 4.05. The number of imide groups is 1. The molecule has 3 amide bonds. The number of likely N-dealkylation sites (tertiary alicyclic amines) is 1. The van der Waals surface area contributed by atoms with E-state index in [1.54, 1.807) is 18.2 Å². The molecule has 162 valence electrons. The van der Waals surface area contributed by atoms with Crippen LogP contribution < -0.4 is 10.2 Å². The number of phenols is 1. The van der Waals surface area contributed by atoms with E-state index in [0.717, 1.165) is 11.1 Å². The van der Waals surface area contributed by atoms with Crippen molar-refractivity contribution in [2.24, 2.45) is 5.92 Å². The molecular formula is C24H27N3O4. The average Bonchev–Trinajstić information content (AvgIpc) is 3.04. The van der Waals surface area contributed by atoms with E-state index in [-0.39, 0.29) is 35.8 Å². The molecule has 1 atom stereocenters. The predicted molar refractivity (Wildman–Crippen MR) is 118 cm³/mol. The van der Waals surface area contributed by atoms with Gasteiger partial charge in [0.1, 0.15) is 5.75 Å². The fourth-order valence-corrected chi connectivity index (χ4v) is 4.58. The number of hydrogen-bond donors (Lipinski definition) is 2. The first kappa shape index (κ1) is 21.1. The highest BCUT2D eigenvalue weighted by Crippen LogP contribution is 2.33. The number of piperidine rings is 1. The average molecular weight is 421 g/mol. The van der Waals surface area contributed by atoms with Crippen LogP contribution in [0.4, 0.5) is 11.4 Å². The predicted octanol–water partition coefficient (Wildman–Crippen LogP) is 2.99. The number of nitrogens with one attached hydrogen (secondary N) is 1. The number of anilines is 2. The number of para-hydroxylation sites is 3. The number of carbonyl (C=O) groups is 3. The summed E-state index contributed by atoms with van der Waals surface area (Å²) in [5, 5.41) is 12.6. The smallest absolute Gasteiger partial charge is 0.251 e. The first-order chi connectivity index (χ1) is 14.9. The summed E-state index contributed by atoms with van der Waals surface area (Å²) < 4.78 is 0. The summed E-state index contributed by atoms with van der Waals surface area (Å²) in [7, 11) is 0. The lowest BCUT2D eigenvalue weighted by Gasteiger charge is -2.34. The van der Waals surface area contributed by atoms with Crippen LogP contribution in [-0.2, 0) is 14.4 Å². The molecule has 2 saturated heterocycles. The van der Waals surface area contributed by atoms with Gasteiger partial charge in [0, 0.05) is 5.92 Å². The fraction of sp³-hybridized carbons (Fsp3) is 0.375. The highest BCUT2D eigenvalue weighted by Gasteiger charge is 2.44. The van der Waals surface area contributed by atoms with Crippen LogP contribution in [0, 0.1) is 19.8 Å². The van der Waals surface area contributed by atoms with Gasteiger partial charge >= 0.3 is 0 Å². The topological polar surface area (TPSA) is 90.0 Å². The number of nitrogens with zero attached hydrogens (tertiary/aromatic N) is 2. The highest BCUT2D eigenvalue weighted by atomic mass is 16.3. The Hall–Kier alpha value is -3.19. The summed E-state index contributed by atoms with van der Waals surface area (Å²) in [5.74, 6) is -0.647. The summed E-state index contributed by atoms with van der Waals surface area (Å²) in [5.41, 5.74) is 2.90. The van der Waals surface area contributed by atoms with Crippen LogP contribution in [0.3, 0.4) is 0 Å². The Morgan fingerprint density at radius 3 is 2.29 bits per heavy atom. The van der Waals surface area contributed by atoms with E-state index < -0.39 is 6.04 Å². The van der Waals surface area contributed by atoms with Gasteiger partial charge in [0.25, 0.3) is 5.91 Å². The molecule has 2 N–H and O–H groups in total. The molecule has 2 aromatic rings. The maximum Gasteiger partial charge on any atom is 0.251 e. The number of hydrogen-bond acceptors (Lipinski definition) is 5. The zero-order chi connectivity index (χ0) is 22.1. The van der Waals surface area contributed by atoms with Crippen molar-refractivity contribution < 1.29 is 19.5 Å². The van der Waals surface area contributed by atoms with Crippen LogP contribution in [0.5, 0.6) is 5.75 Å². The molecule has 4 rings (SSSR count). The van der Waals surface area contributed by atoms with E-state index in [0.29, 0.717) is 37.3 Å². The van der Waals surface area contributed by atoms with Crippen LogP contribution in [-0.4, -0.2) is 46.9 Å². The molecule has 2 aliphatic rings. The molecule has 0 unspecified atom stereocenters. The number of carbonyl (C=O) groups excluding carboxylic acids is 3. The van der Waals surface area contributed by atoms with Crippen molar-refractivity contribution in [2.45, 2.75) is 39.2 Å². The minimum Gasteiger partial charge on any atom is -0.506 e. The SMILES string of the molecule is Cc1cccc(C)c1N1C(=O)C[C@H](N2CCC(C(=O)Nc3ccccc3O)CC2)C1=O. The van der Waals surface area contributed by atoms with Crippen molar-refractivity contribution >= 4 is 29.1 Å². The summed E-state index contributed by atoms with van der Waals surface area (Å²) in [6.45, 7) is 4.96. The second-order valence-electron chi connectivity index (χ2n) is 8.34. The zero-order valence-electron chi connectivity index (χ0n) is 17.8. The van der Waals surface area contributed by atoms with Crippen LogP contribution in [0.1, 0.15) is 30.4 Å². The van der Waals surface area contributed by atoms with E-state index in [1.165, 1.54) is 11.0 Å². The summed E-state index contributed by atoms with van der Waals surface area (Å²) in [6.07, 6.45) is 1.36. The lowest BCUT2D eigenvalue weighted by Crippen LogP contribution is -2.47. The Labute approximate surface area is 181 Å². The van der Waals surface area contributed by atoms with Crippen LogP contribution >= 0.6 is 0 Å². The minimum absolute atomic E-state index is 0.0370. The van der Waals surface area contributed by atoms with Crippen molar-refractivity contribution in [3.05, 3.63) is 53.6 Å². The molecule has 2 aliphatic heterocycles. The first-order valence-electron chi connectivity index (χ1n) is 10.6. The van der Waals surface area contributed by atoms with Gasteiger partial charge in [-0.05, 0) is 63.0 Å². The van der Waals surface area contributed by atoms with Crippen LogP contribution in [0.15, 0.2) is 42.5 Å². The Balaban J connectivity index is 1.40. The Morgan fingerprint density at radius 1 is 1.00 bits per heavy atom. The lowest BCUT2D eigenvalue weighted by molar-refractivity contribution is -0.123. The third-order valence-electron chi connectivity index (χ3n) is 6.29. The van der Waals surface area contributed by atoms with Crippen molar-refractivity contribution in [3.8, 4) is 5.75 Å². The molecule has 0 radical (unpaired) electrons. The molecule has 2 heterocycles. The van der Waals surface area contributed by atoms with E-state index in [2.05, 4.69) is 5.32 Å². The first-order valence-corrected chi connectivity index (χ1v) is 10.6. The number of benzene rings is 2. The summed E-state index contributed by atoms with van der Waals surface area (Å²) in [4.78, 5) is 41.9. The van der Waals surface area contributed by atoms with Gasteiger partial charge in [-0.3, -0.25) is 19.3 Å². The van der Waals surface area contributed by atoms with Crippen LogP contribution in [0.25, 0.3) is 0 Å². The second kappa shape index (κ2) is 8.51. The van der Waals surface area contributed by atoms with Gasteiger partial charge in [-0.15, -0.1) is 0 Å². The normalized spacial score (nSPS) is 20.3. The van der Waals surface area contributed by atoms with Gasteiger partial charge in [0.05, 0.1) is 23.8 Å². The molecule has 2 aromatic carbocycles. The molecular weight excluding hydrogens is 394 g/mol. The molecule has 0 saturated carbocycles. The molecule has 7 nitrogen and oxygen atoms in total. The summed E-state index contributed by atoms with van der Waals surface area (Å²) >= 11 is 0. The number of phenolic OH excluding ortho intramolecular Hbond substituents is 1. The summed E-state index contributed by atoms with van der Waals surface area (Å²) in [6, 6.07) is 11.9. The van der Waals surface area contributed by atoms with Crippen molar-refractivity contribution in [1.82, 2.24) is 4.90 Å². The lowest BCUT2D eigenvalue weighted by atomic mass is 9.94. The third-order valence-corrected chi connectivity index (χ3v) is 6.29. The Bertz CT molecular complexity index is 1010. The van der Waals surface area contributed by atoms with E-state index >= 15 is 0 Å². The number of aromatic hydroxyl groups is 1. The van der Waals surface area contributed by atoms with Crippen LogP contribution in [0.2, 0.25) is 0 Å². The van der Waals surface area contributed by atoms with Gasteiger partial charge in [0.2, 0.25) is 11.8 Å². The fourth-order valence-electron chi connectivity index (χ4n) is 4.58. The molecule has 7 heteroatoms. The molecule has 0 spiro atoms. The standard InChI is InChI=1S/C24H27N3O4/c1-15-6-5-7-16(2)22(15)27-21(29)14-19(24(27)31)26-12-10-17(11-13-26)23(30)25-18-8-3-4-9-20(18)28/h3-9,17,19,28H,10-14H2,1-2H3,(H,25,30)/t19-/m0/s1. The monoisotopic (exact) mass is 421 g/mol. The minimum atomic E-state index is -0.478. The van der Waals surface area contributed by atoms with Gasteiger partial charge in [-0.25, -0.2) is 4.90 Å². The van der Waals surface area contributed by atoms with E-state index in [1.807, 2.05) is 36.9 Å². The van der Waals surface area contributed by atoms with Gasteiger partial charge in [0.15, 0.2) is 0 Å². The van der Waals surface area contributed by atoms with Crippen molar-refractivity contribution in [1.29, 1.82) is 0 Å². The quantitative estimate of drug-likeness (QED) is 0.585. The molecule has 2 fully saturated rings. The number of amides is 3. The van der Waals surface area contributed by atoms with Gasteiger partial charge in [-0.2, -0.15) is 0 Å². The van der Waals surface area contributed by atoms with E-state index in [4.69, 9.17) is 0 Å². The maximum atomic E-state index is 13.2. The van der Waals surface area contributed by atoms with E-state index in [9.17, 15) is 19.5 Å². The number of aryl methyl sites for hydroxylation is 2. The Kier molecular flexibility index (Phi) is 5.78. The van der Waals surface area contributed by atoms with Crippen molar-refractivity contribution in [2.75, 3.05) is 23.3 Å². The molecule has 0 bridgehead atoms. The second-order valence-corrected chi connectivity index (χ2v) is 8.34. The zero-order valence-corrected chi connectivity index (χ0v) is 17.8. The molecule has 31 heavy (non-hydrogen) atoms. The van der Waals surface area contributed by atoms with Gasteiger partial charge < -0.3 is 10.4 Å². The molecule has 0 aliphatic carbocycles. The maximum absolute atomic E-state index is 13.2.